The molecule has 266 valence electrons. The molecule has 10 nitrogen and oxygen atoms in total. The molecule has 2 amide bonds. The molecule has 1 unspecified atom stereocenters. The Morgan fingerprint density at radius 3 is 2.06 bits per heavy atom. The number of benzene rings is 2. The molecule has 4 rings (SSSR count). The van der Waals surface area contributed by atoms with Crippen LogP contribution in [0.3, 0.4) is 0 Å². The van der Waals surface area contributed by atoms with Crippen LogP contribution in [-0.4, -0.2) is 62.8 Å². The van der Waals surface area contributed by atoms with Crippen LogP contribution in [0.2, 0.25) is 0 Å². The number of aromatic nitrogens is 2. The van der Waals surface area contributed by atoms with Crippen molar-refractivity contribution in [2.75, 3.05) is 6.61 Å². The van der Waals surface area contributed by atoms with E-state index in [1.165, 1.54) is 43.9 Å². The normalized spacial score (nSPS) is 13.2. The number of rotatable bonds is 17. The first-order valence-corrected chi connectivity index (χ1v) is 17.9. The van der Waals surface area contributed by atoms with Crippen LogP contribution in [0.15, 0.2) is 73.1 Å². The number of hydrogen-bond acceptors (Lipinski definition) is 8. The summed E-state index contributed by atoms with van der Waals surface area (Å²) in [4.78, 5) is 48.8. The number of amides is 2. The first kappa shape index (κ1) is 38.2. The molecule has 0 saturated heterocycles. The molecule has 0 aliphatic rings. The SMILES string of the molecule is CCCCCCCOc1ccc(-c2cnc(-c3ccc(C[C@H](NC(=O)c4ccc(C(C)(C)C)s4)C(=O)N[C@H](C(=O)O)C(C)O)cc3)nc2)cc1. The van der Waals surface area contributed by atoms with Crippen molar-refractivity contribution in [2.24, 2.45) is 0 Å². The average molecular weight is 701 g/mol. The van der Waals surface area contributed by atoms with Crippen molar-refractivity contribution >= 4 is 29.1 Å². The van der Waals surface area contributed by atoms with Gasteiger partial charge >= 0.3 is 5.97 Å². The number of ether oxygens (including phenoxy) is 1. The summed E-state index contributed by atoms with van der Waals surface area (Å²) in [6.45, 7) is 10.3. The summed E-state index contributed by atoms with van der Waals surface area (Å²) >= 11 is 1.34. The highest BCUT2D eigenvalue weighted by Crippen LogP contribution is 2.29. The lowest BCUT2D eigenvalue weighted by Gasteiger charge is -2.23. The quantitative estimate of drug-likeness (QED) is 0.0878. The van der Waals surface area contributed by atoms with Gasteiger partial charge < -0.3 is 25.6 Å². The third kappa shape index (κ3) is 10.9. The van der Waals surface area contributed by atoms with E-state index in [-0.39, 0.29) is 11.8 Å². The third-order valence-corrected chi connectivity index (χ3v) is 9.75. The van der Waals surface area contributed by atoms with E-state index in [1.807, 2.05) is 75.4 Å². The van der Waals surface area contributed by atoms with E-state index in [0.29, 0.717) is 17.3 Å². The van der Waals surface area contributed by atoms with Crippen molar-refractivity contribution in [3.8, 4) is 28.3 Å². The van der Waals surface area contributed by atoms with Gasteiger partial charge in [0.25, 0.3) is 5.91 Å². The minimum absolute atomic E-state index is 0.0832. The van der Waals surface area contributed by atoms with Crippen molar-refractivity contribution in [1.29, 1.82) is 0 Å². The number of aliphatic hydroxyl groups is 1. The number of hydrogen-bond donors (Lipinski definition) is 4. The lowest BCUT2D eigenvalue weighted by Crippen LogP contribution is -2.55. The Balaban J connectivity index is 1.42. The highest BCUT2D eigenvalue weighted by Gasteiger charge is 2.30. The zero-order valence-electron chi connectivity index (χ0n) is 29.4. The van der Waals surface area contributed by atoms with E-state index in [0.717, 1.165) is 39.3 Å². The van der Waals surface area contributed by atoms with Gasteiger partial charge in [0.05, 0.1) is 17.6 Å². The fourth-order valence-electron chi connectivity index (χ4n) is 5.24. The first-order chi connectivity index (χ1) is 23.8. The Labute approximate surface area is 298 Å². The molecule has 2 heterocycles. The van der Waals surface area contributed by atoms with Crippen LogP contribution in [0.1, 0.15) is 86.8 Å². The molecule has 50 heavy (non-hydrogen) atoms. The van der Waals surface area contributed by atoms with Crippen LogP contribution < -0.4 is 15.4 Å². The van der Waals surface area contributed by atoms with Crippen LogP contribution in [-0.2, 0) is 21.4 Å². The van der Waals surface area contributed by atoms with E-state index < -0.39 is 36.0 Å². The number of nitrogens with one attached hydrogen (secondary N) is 2. The van der Waals surface area contributed by atoms with Crippen LogP contribution in [0, 0.1) is 0 Å². The summed E-state index contributed by atoms with van der Waals surface area (Å²) in [5.74, 6) is -1.17. The molecule has 4 N–H and O–H groups in total. The molecule has 2 aromatic carbocycles. The smallest absolute Gasteiger partial charge is 0.328 e. The monoisotopic (exact) mass is 700 g/mol. The molecular formula is C39H48N4O6S. The number of carboxylic acids is 1. The number of thiophene rings is 1. The Kier molecular flexibility index (Phi) is 13.6. The van der Waals surface area contributed by atoms with Gasteiger partial charge in [-0.25, -0.2) is 14.8 Å². The summed E-state index contributed by atoms with van der Waals surface area (Å²) in [6.07, 6.45) is 8.26. The molecule has 0 fully saturated rings. The molecule has 0 aliphatic heterocycles. The minimum Gasteiger partial charge on any atom is -0.494 e. The lowest BCUT2D eigenvalue weighted by atomic mass is 9.95. The highest BCUT2D eigenvalue weighted by atomic mass is 32.1. The third-order valence-electron chi connectivity index (χ3n) is 8.25. The van der Waals surface area contributed by atoms with Gasteiger partial charge in [0, 0.05) is 34.8 Å². The predicted molar refractivity (Wildman–Crippen MR) is 196 cm³/mol. The van der Waals surface area contributed by atoms with E-state index in [1.54, 1.807) is 18.5 Å². The molecular weight excluding hydrogens is 653 g/mol. The van der Waals surface area contributed by atoms with Gasteiger partial charge in [0.1, 0.15) is 11.8 Å². The fourth-order valence-corrected chi connectivity index (χ4v) is 6.20. The maximum atomic E-state index is 13.3. The molecule has 2 aromatic heterocycles. The average Bonchev–Trinajstić information content (AvgIpc) is 3.61. The summed E-state index contributed by atoms with van der Waals surface area (Å²) in [6, 6.07) is 16.2. The number of carbonyl (C=O) groups is 3. The second-order valence-corrected chi connectivity index (χ2v) is 14.6. The molecule has 3 atom stereocenters. The molecule has 0 bridgehead atoms. The lowest BCUT2D eigenvalue weighted by molar-refractivity contribution is -0.145. The zero-order chi connectivity index (χ0) is 36.3. The second kappa shape index (κ2) is 17.9. The van der Waals surface area contributed by atoms with Crippen LogP contribution >= 0.6 is 11.3 Å². The number of carbonyl (C=O) groups excluding carboxylic acids is 2. The van der Waals surface area contributed by atoms with E-state index >= 15 is 0 Å². The fraction of sp³-hybridized carbons (Fsp3) is 0.410. The largest absolute Gasteiger partial charge is 0.494 e. The Hall–Kier alpha value is -4.61. The zero-order valence-corrected chi connectivity index (χ0v) is 30.3. The van der Waals surface area contributed by atoms with E-state index in [9.17, 15) is 24.6 Å². The number of aliphatic carboxylic acids is 1. The van der Waals surface area contributed by atoms with E-state index in [2.05, 4.69) is 27.5 Å². The second-order valence-electron chi connectivity index (χ2n) is 13.5. The summed E-state index contributed by atoms with van der Waals surface area (Å²) in [5.41, 5.74) is 3.19. The minimum atomic E-state index is -1.53. The van der Waals surface area contributed by atoms with Gasteiger partial charge in [0.15, 0.2) is 11.9 Å². The number of carboxylic acid groups (broad SMARTS) is 1. The standard InChI is InChI=1S/C39H48N4O6S/c1-6-7-8-9-10-21-49-30-17-15-27(16-18-30)29-23-40-35(41-24-29)28-13-11-26(12-14-28)22-31(36(45)43-34(25(2)44)38(47)48)42-37(46)32-19-20-33(50-32)39(3,4)5/h11-20,23-25,31,34,44H,6-10,21-22H2,1-5H3,(H,42,46)(H,43,45)(H,47,48)/t25?,31-,34-/m0/s1. The van der Waals surface area contributed by atoms with Gasteiger partial charge in [-0.1, -0.05) is 89.8 Å². The van der Waals surface area contributed by atoms with E-state index in [4.69, 9.17) is 4.74 Å². The molecule has 11 heteroatoms. The Morgan fingerprint density at radius 1 is 0.840 bits per heavy atom. The van der Waals surface area contributed by atoms with Crippen molar-refractivity contribution < 1.29 is 29.3 Å². The summed E-state index contributed by atoms with van der Waals surface area (Å²) in [5, 5.41) is 24.6. The van der Waals surface area contributed by atoms with Crippen molar-refractivity contribution in [3.63, 3.8) is 0 Å². The van der Waals surface area contributed by atoms with Gasteiger partial charge in [-0.15, -0.1) is 11.3 Å². The van der Waals surface area contributed by atoms with Crippen LogP contribution in [0.5, 0.6) is 5.75 Å². The summed E-state index contributed by atoms with van der Waals surface area (Å²) in [7, 11) is 0. The van der Waals surface area contributed by atoms with Gasteiger partial charge in [-0.2, -0.15) is 0 Å². The van der Waals surface area contributed by atoms with Crippen LogP contribution in [0.25, 0.3) is 22.5 Å². The van der Waals surface area contributed by atoms with Crippen molar-refractivity contribution in [2.45, 2.75) is 96.7 Å². The van der Waals surface area contributed by atoms with Gasteiger partial charge in [0.2, 0.25) is 5.91 Å². The Morgan fingerprint density at radius 2 is 1.48 bits per heavy atom. The van der Waals surface area contributed by atoms with Crippen molar-refractivity contribution in [3.05, 3.63) is 88.4 Å². The molecule has 0 spiro atoms. The maximum Gasteiger partial charge on any atom is 0.328 e. The highest BCUT2D eigenvalue weighted by molar-refractivity contribution is 7.14. The number of nitrogens with zero attached hydrogens (tertiary/aromatic N) is 2. The molecule has 4 aromatic rings. The Bertz CT molecular complexity index is 1700. The van der Waals surface area contributed by atoms with Crippen LogP contribution in [0.4, 0.5) is 0 Å². The first-order valence-electron chi connectivity index (χ1n) is 17.1. The van der Waals surface area contributed by atoms with Crippen molar-refractivity contribution in [1.82, 2.24) is 20.6 Å². The maximum absolute atomic E-state index is 13.3. The van der Waals surface area contributed by atoms with Gasteiger partial charge in [-0.05, 0) is 54.2 Å². The topological polar surface area (TPSA) is 151 Å². The van der Waals surface area contributed by atoms with Gasteiger partial charge in [-0.3, -0.25) is 9.59 Å². The molecule has 0 radical (unpaired) electrons. The number of aliphatic hydroxyl groups excluding tert-OH is 1. The molecule has 0 saturated carbocycles. The molecule has 0 aliphatic carbocycles. The predicted octanol–water partition coefficient (Wildman–Crippen LogP) is 6.81. The summed E-state index contributed by atoms with van der Waals surface area (Å²) < 4.78 is 5.88. The number of unbranched alkanes of at least 4 members (excludes halogenated alkanes) is 4.